The normalized spacial score (nSPS) is 11.3. The van der Waals surface area contributed by atoms with E-state index in [1.165, 1.54) is 0 Å². The minimum Gasteiger partial charge on any atom is -0.487 e. The standard InChI is InChI=1S/C26H29ClN6O2/c1-17-11-20(23-9-10-29-33(23)5)19-7-6-8-24(26(19)30-17)35-16-21-18(12-28-13-22(21)27)14-32(4)25(34)15-31(2)3/h6-13H,14-16H2,1-5H3. The predicted octanol–water partition coefficient (Wildman–Crippen LogP) is 4.09. The van der Waals surface area contributed by atoms with Gasteiger partial charge in [0.25, 0.3) is 0 Å². The predicted molar refractivity (Wildman–Crippen MR) is 137 cm³/mol. The van der Waals surface area contributed by atoms with Crippen molar-refractivity contribution in [2.75, 3.05) is 27.7 Å². The second-order valence-electron chi connectivity index (χ2n) is 8.84. The molecule has 0 atom stereocenters. The summed E-state index contributed by atoms with van der Waals surface area (Å²) in [6.07, 6.45) is 5.11. The fraction of sp³-hybridized carbons (Fsp3) is 0.308. The number of benzene rings is 1. The molecular weight excluding hydrogens is 464 g/mol. The number of pyridine rings is 2. The second-order valence-corrected chi connectivity index (χ2v) is 9.25. The van der Waals surface area contributed by atoms with Gasteiger partial charge in [0.1, 0.15) is 17.9 Å². The van der Waals surface area contributed by atoms with E-state index in [9.17, 15) is 4.79 Å². The topological polar surface area (TPSA) is 76.4 Å². The first kappa shape index (κ1) is 24.6. The highest BCUT2D eigenvalue weighted by molar-refractivity contribution is 6.31. The molecule has 0 aliphatic rings. The summed E-state index contributed by atoms with van der Waals surface area (Å²) >= 11 is 6.52. The van der Waals surface area contributed by atoms with Crippen LogP contribution in [0.3, 0.4) is 0 Å². The van der Waals surface area contributed by atoms with Gasteiger partial charge in [0.2, 0.25) is 5.91 Å². The molecule has 0 spiro atoms. The number of halogens is 1. The van der Waals surface area contributed by atoms with Gasteiger partial charge in [0, 0.05) is 61.4 Å². The summed E-state index contributed by atoms with van der Waals surface area (Å²) in [7, 11) is 7.43. The van der Waals surface area contributed by atoms with Crippen LogP contribution in [0.1, 0.15) is 16.8 Å². The number of aromatic nitrogens is 4. The number of para-hydroxylation sites is 1. The Kier molecular flexibility index (Phi) is 7.33. The third-order valence-electron chi connectivity index (χ3n) is 5.78. The molecule has 3 aromatic heterocycles. The first-order valence-electron chi connectivity index (χ1n) is 11.3. The zero-order chi connectivity index (χ0) is 25.1. The van der Waals surface area contributed by atoms with E-state index in [0.29, 0.717) is 23.9 Å². The number of carbonyl (C=O) groups excluding carboxylic acids is 1. The van der Waals surface area contributed by atoms with Crippen LogP contribution in [0, 0.1) is 6.92 Å². The Balaban J connectivity index is 1.64. The zero-order valence-electron chi connectivity index (χ0n) is 20.6. The molecular formula is C26H29ClN6O2. The van der Waals surface area contributed by atoms with Crippen LogP contribution < -0.4 is 4.74 Å². The second kappa shape index (κ2) is 10.4. The van der Waals surface area contributed by atoms with Crippen LogP contribution in [-0.2, 0) is 25.0 Å². The molecule has 1 aromatic carbocycles. The summed E-state index contributed by atoms with van der Waals surface area (Å²) in [5.74, 6) is 0.670. The van der Waals surface area contributed by atoms with Gasteiger partial charge in [0.15, 0.2) is 0 Å². The van der Waals surface area contributed by atoms with E-state index in [4.69, 9.17) is 21.3 Å². The molecule has 182 valence electrons. The van der Waals surface area contributed by atoms with Gasteiger partial charge < -0.3 is 14.5 Å². The molecule has 0 saturated carbocycles. The molecule has 35 heavy (non-hydrogen) atoms. The Morgan fingerprint density at radius 3 is 2.69 bits per heavy atom. The number of hydrogen-bond donors (Lipinski definition) is 0. The molecule has 0 bridgehead atoms. The van der Waals surface area contributed by atoms with E-state index < -0.39 is 0 Å². The summed E-state index contributed by atoms with van der Waals surface area (Å²) in [4.78, 5) is 25.0. The fourth-order valence-electron chi connectivity index (χ4n) is 4.00. The smallest absolute Gasteiger partial charge is 0.236 e. The van der Waals surface area contributed by atoms with Gasteiger partial charge in [-0.05, 0) is 44.8 Å². The van der Waals surface area contributed by atoms with Crippen molar-refractivity contribution in [1.29, 1.82) is 0 Å². The molecule has 1 amide bonds. The maximum atomic E-state index is 12.5. The molecule has 0 radical (unpaired) electrons. The van der Waals surface area contributed by atoms with Gasteiger partial charge in [-0.15, -0.1) is 0 Å². The average molecular weight is 493 g/mol. The Morgan fingerprint density at radius 2 is 1.97 bits per heavy atom. The number of carbonyl (C=O) groups is 1. The lowest BCUT2D eigenvalue weighted by Crippen LogP contribution is -2.34. The highest BCUT2D eigenvalue weighted by atomic mass is 35.5. The first-order chi connectivity index (χ1) is 16.7. The Bertz CT molecular complexity index is 1370. The molecule has 0 unspecified atom stereocenters. The van der Waals surface area contributed by atoms with Crippen molar-refractivity contribution in [3.8, 4) is 17.0 Å². The number of fused-ring (bicyclic) bond motifs is 1. The summed E-state index contributed by atoms with van der Waals surface area (Å²) in [6, 6.07) is 9.94. The maximum Gasteiger partial charge on any atom is 0.236 e. The summed E-state index contributed by atoms with van der Waals surface area (Å²) < 4.78 is 8.13. The lowest BCUT2D eigenvalue weighted by molar-refractivity contribution is -0.131. The van der Waals surface area contributed by atoms with Crippen LogP contribution in [0.4, 0.5) is 0 Å². The third kappa shape index (κ3) is 5.44. The molecule has 0 aliphatic carbocycles. The van der Waals surface area contributed by atoms with Crippen LogP contribution in [0.25, 0.3) is 22.2 Å². The number of likely N-dealkylation sites (N-methyl/N-ethyl adjacent to an activating group) is 2. The van der Waals surface area contributed by atoms with Gasteiger partial charge in [-0.1, -0.05) is 23.7 Å². The maximum absolute atomic E-state index is 12.5. The number of rotatable bonds is 8. The lowest BCUT2D eigenvalue weighted by Gasteiger charge is -2.21. The third-order valence-corrected chi connectivity index (χ3v) is 6.10. The van der Waals surface area contributed by atoms with Crippen LogP contribution in [-0.4, -0.2) is 63.1 Å². The van der Waals surface area contributed by atoms with Crippen LogP contribution in [0.5, 0.6) is 5.75 Å². The zero-order valence-corrected chi connectivity index (χ0v) is 21.4. The number of nitrogens with zero attached hydrogens (tertiary/aromatic N) is 6. The molecule has 3 heterocycles. The van der Waals surface area contributed by atoms with E-state index in [-0.39, 0.29) is 12.5 Å². The van der Waals surface area contributed by atoms with Crippen LogP contribution in [0.2, 0.25) is 5.02 Å². The van der Waals surface area contributed by atoms with Gasteiger partial charge in [-0.3, -0.25) is 14.5 Å². The van der Waals surface area contributed by atoms with E-state index in [0.717, 1.165) is 39.0 Å². The van der Waals surface area contributed by atoms with Crippen molar-refractivity contribution in [1.82, 2.24) is 29.5 Å². The molecule has 0 saturated heterocycles. The fourth-order valence-corrected chi connectivity index (χ4v) is 4.23. The van der Waals surface area contributed by atoms with Crippen molar-refractivity contribution in [3.63, 3.8) is 0 Å². The summed E-state index contributed by atoms with van der Waals surface area (Å²) in [5, 5.41) is 5.79. The number of ether oxygens (including phenoxy) is 1. The molecule has 8 nitrogen and oxygen atoms in total. The van der Waals surface area contributed by atoms with Gasteiger partial charge in [-0.2, -0.15) is 5.10 Å². The van der Waals surface area contributed by atoms with Crippen molar-refractivity contribution >= 4 is 28.4 Å². The highest BCUT2D eigenvalue weighted by Gasteiger charge is 2.17. The average Bonchev–Trinajstić information content (AvgIpc) is 3.23. The Hall–Kier alpha value is -3.49. The number of aryl methyl sites for hydroxylation is 2. The number of hydrogen-bond acceptors (Lipinski definition) is 6. The van der Waals surface area contributed by atoms with E-state index in [1.54, 1.807) is 30.5 Å². The Labute approximate surface area is 210 Å². The van der Waals surface area contributed by atoms with E-state index in [1.807, 2.05) is 61.9 Å². The SMILES string of the molecule is Cc1cc(-c2ccnn2C)c2cccc(OCc3c(Cl)cncc3CN(C)C(=O)CN(C)C)c2n1. The molecule has 0 aliphatic heterocycles. The molecule has 4 rings (SSSR count). The molecule has 9 heteroatoms. The number of amides is 1. The van der Waals surface area contributed by atoms with Crippen molar-refractivity contribution in [2.24, 2.45) is 7.05 Å². The van der Waals surface area contributed by atoms with Crippen LogP contribution >= 0.6 is 11.6 Å². The summed E-state index contributed by atoms with van der Waals surface area (Å²) in [6.45, 7) is 2.91. The quantitative estimate of drug-likeness (QED) is 0.369. The van der Waals surface area contributed by atoms with E-state index in [2.05, 4.69) is 16.1 Å². The van der Waals surface area contributed by atoms with Gasteiger partial charge >= 0.3 is 0 Å². The van der Waals surface area contributed by atoms with Crippen LogP contribution in [0.15, 0.2) is 48.9 Å². The van der Waals surface area contributed by atoms with Crippen molar-refractivity contribution < 1.29 is 9.53 Å². The highest BCUT2D eigenvalue weighted by Crippen LogP contribution is 2.33. The van der Waals surface area contributed by atoms with E-state index >= 15 is 0 Å². The largest absolute Gasteiger partial charge is 0.487 e. The van der Waals surface area contributed by atoms with Crippen molar-refractivity contribution in [3.05, 3.63) is 70.8 Å². The van der Waals surface area contributed by atoms with Gasteiger partial charge in [-0.25, -0.2) is 4.98 Å². The van der Waals surface area contributed by atoms with Crippen molar-refractivity contribution in [2.45, 2.75) is 20.1 Å². The lowest BCUT2D eigenvalue weighted by atomic mass is 10.0. The minimum atomic E-state index is 0.0123. The first-order valence-corrected chi connectivity index (χ1v) is 11.6. The Morgan fingerprint density at radius 1 is 1.17 bits per heavy atom. The minimum absolute atomic E-state index is 0.0123. The van der Waals surface area contributed by atoms with Gasteiger partial charge in [0.05, 0.1) is 17.3 Å². The summed E-state index contributed by atoms with van der Waals surface area (Å²) in [5.41, 5.74) is 5.33. The molecule has 4 aromatic rings. The monoisotopic (exact) mass is 492 g/mol. The molecule has 0 N–H and O–H groups in total. The molecule has 0 fully saturated rings.